The quantitative estimate of drug-likeness (QED) is 0.260. The molecule has 1 aliphatic carbocycles. The Balaban J connectivity index is 1.28. The molecule has 4 aromatic rings. The first-order chi connectivity index (χ1) is 18.5. The van der Waals surface area contributed by atoms with Crippen molar-refractivity contribution in [3.05, 3.63) is 42.5 Å². The lowest BCUT2D eigenvalue weighted by Crippen LogP contribution is -2.33. The molecular formula is C26H29N7O5. The monoisotopic (exact) mass is 519 g/mol. The number of furan rings is 1. The lowest BCUT2D eigenvalue weighted by molar-refractivity contribution is 0.0948. The number of ether oxygens (including phenoxy) is 1. The molecule has 0 unspecified atom stereocenters. The fraction of sp³-hybridized carbons (Fsp3) is 0.385. The summed E-state index contributed by atoms with van der Waals surface area (Å²) in [5.74, 6) is 1.63. The summed E-state index contributed by atoms with van der Waals surface area (Å²) < 4.78 is 12.6. The van der Waals surface area contributed by atoms with Gasteiger partial charge in [0.25, 0.3) is 5.91 Å². The molecule has 0 radical (unpaired) electrons. The van der Waals surface area contributed by atoms with Crippen molar-refractivity contribution in [2.24, 2.45) is 5.92 Å². The van der Waals surface area contributed by atoms with E-state index in [-0.39, 0.29) is 35.6 Å². The van der Waals surface area contributed by atoms with Crippen LogP contribution in [0.3, 0.4) is 0 Å². The van der Waals surface area contributed by atoms with Gasteiger partial charge in [0.2, 0.25) is 5.95 Å². The van der Waals surface area contributed by atoms with Gasteiger partial charge in [-0.3, -0.25) is 4.79 Å². The number of hydrogen-bond acceptors (Lipinski definition) is 10. The molecule has 12 heteroatoms. The standard InChI is InChI=1S/C26H29N7O5/c1-37-22-18(25(36)27-11-15-4-5-15)9-17(10-20(22)35)32-12-21(28-14-32)30-24-23-19(6-8-38-23)29-26(31-24)33-7-2-3-16(33)13-34/h6,8-10,12,14-16,34-35H,2-5,7,11,13H2,1H3,(H,27,36)(H,29,30,31)/t16-/m0/s1. The minimum atomic E-state index is -0.304. The lowest BCUT2D eigenvalue weighted by Gasteiger charge is -2.23. The van der Waals surface area contributed by atoms with E-state index < -0.39 is 0 Å². The molecule has 3 aromatic heterocycles. The van der Waals surface area contributed by atoms with Gasteiger partial charge in [-0.05, 0) is 37.7 Å². The summed E-state index contributed by atoms with van der Waals surface area (Å²) in [5.41, 5.74) is 1.91. The van der Waals surface area contributed by atoms with Crippen LogP contribution in [0.25, 0.3) is 16.8 Å². The summed E-state index contributed by atoms with van der Waals surface area (Å²) in [6.07, 6.45) is 8.91. The number of amides is 1. The topological polar surface area (TPSA) is 151 Å². The Morgan fingerprint density at radius 3 is 2.92 bits per heavy atom. The number of fused-ring (bicyclic) bond motifs is 1. The molecule has 1 aliphatic heterocycles. The first-order valence-corrected chi connectivity index (χ1v) is 12.7. The maximum absolute atomic E-state index is 12.8. The van der Waals surface area contributed by atoms with Crippen molar-refractivity contribution in [3.63, 3.8) is 0 Å². The Bertz CT molecular complexity index is 1480. The molecule has 4 heterocycles. The molecule has 1 amide bonds. The van der Waals surface area contributed by atoms with Crippen molar-refractivity contribution in [2.45, 2.75) is 31.7 Å². The van der Waals surface area contributed by atoms with Gasteiger partial charge in [0.15, 0.2) is 22.9 Å². The number of carbonyl (C=O) groups is 1. The maximum atomic E-state index is 12.8. The number of carbonyl (C=O) groups excluding carboxylic acids is 1. The second kappa shape index (κ2) is 9.86. The minimum absolute atomic E-state index is 0.0233. The molecule has 12 nitrogen and oxygen atoms in total. The summed E-state index contributed by atoms with van der Waals surface area (Å²) in [7, 11) is 1.42. The number of imidazole rings is 1. The number of anilines is 3. The van der Waals surface area contributed by atoms with Gasteiger partial charge in [0.05, 0.1) is 43.5 Å². The van der Waals surface area contributed by atoms with Gasteiger partial charge in [0, 0.05) is 25.2 Å². The van der Waals surface area contributed by atoms with Crippen LogP contribution in [0.15, 0.2) is 41.4 Å². The number of phenols is 1. The van der Waals surface area contributed by atoms with Crippen molar-refractivity contribution in [1.29, 1.82) is 0 Å². The number of rotatable bonds is 9. The third-order valence-corrected chi connectivity index (χ3v) is 7.01. The van der Waals surface area contributed by atoms with Crippen molar-refractivity contribution in [2.75, 3.05) is 37.0 Å². The Morgan fingerprint density at radius 2 is 2.13 bits per heavy atom. The highest BCUT2D eigenvalue weighted by atomic mass is 16.5. The molecule has 1 atom stereocenters. The third-order valence-electron chi connectivity index (χ3n) is 7.01. The first-order valence-electron chi connectivity index (χ1n) is 12.7. The van der Waals surface area contributed by atoms with Crippen LogP contribution in [0.2, 0.25) is 0 Å². The van der Waals surface area contributed by atoms with E-state index in [1.807, 2.05) is 4.90 Å². The number of benzene rings is 1. The molecule has 1 saturated heterocycles. The number of aliphatic hydroxyl groups is 1. The number of nitrogens with zero attached hydrogens (tertiary/aromatic N) is 5. The van der Waals surface area contributed by atoms with Crippen molar-refractivity contribution >= 4 is 34.6 Å². The van der Waals surface area contributed by atoms with Gasteiger partial charge in [-0.15, -0.1) is 0 Å². The normalized spacial score (nSPS) is 17.2. The molecule has 1 saturated carbocycles. The van der Waals surface area contributed by atoms with E-state index in [0.29, 0.717) is 46.8 Å². The molecule has 4 N–H and O–H groups in total. The fourth-order valence-corrected chi connectivity index (χ4v) is 4.79. The van der Waals surface area contributed by atoms with E-state index in [0.717, 1.165) is 32.2 Å². The van der Waals surface area contributed by atoms with Gasteiger partial charge in [0.1, 0.15) is 17.7 Å². The van der Waals surface area contributed by atoms with Gasteiger partial charge in [-0.1, -0.05) is 0 Å². The molecule has 198 valence electrons. The van der Waals surface area contributed by atoms with E-state index in [1.54, 1.807) is 35.5 Å². The van der Waals surface area contributed by atoms with Crippen LogP contribution >= 0.6 is 0 Å². The van der Waals surface area contributed by atoms with Gasteiger partial charge >= 0.3 is 0 Å². The summed E-state index contributed by atoms with van der Waals surface area (Å²) >= 11 is 0. The number of aliphatic hydroxyl groups excluding tert-OH is 1. The molecule has 0 bridgehead atoms. The largest absolute Gasteiger partial charge is 0.504 e. The summed E-state index contributed by atoms with van der Waals surface area (Å²) in [6.45, 7) is 1.40. The van der Waals surface area contributed by atoms with Crippen LogP contribution in [-0.4, -0.2) is 68.5 Å². The number of methoxy groups -OCH3 is 1. The SMILES string of the molecule is COc1c(O)cc(-n2cnc(Nc3nc(N4CCC[C@H]4CO)nc4ccoc34)c2)cc1C(=O)NCC1CC1. The van der Waals surface area contributed by atoms with Crippen LogP contribution in [0.5, 0.6) is 11.5 Å². The number of hydrogen-bond donors (Lipinski definition) is 4. The van der Waals surface area contributed by atoms with E-state index in [9.17, 15) is 15.0 Å². The van der Waals surface area contributed by atoms with E-state index in [2.05, 4.69) is 25.6 Å². The highest BCUT2D eigenvalue weighted by molar-refractivity contribution is 5.98. The van der Waals surface area contributed by atoms with Gasteiger partial charge in [-0.25, -0.2) is 9.97 Å². The number of aromatic hydroxyl groups is 1. The predicted molar refractivity (Wildman–Crippen MR) is 139 cm³/mol. The molecule has 1 aromatic carbocycles. The van der Waals surface area contributed by atoms with E-state index >= 15 is 0 Å². The molecule has 2 fully saturated rings. The highest BCUT2D eigenvalue weighted by Crippen LogP contribution is 2.35. The fourth-order valence-electron chi connectivity index (χ4n) is 4.79. The van der Waals surface area contributed by atoms with Crippen LogP contribution < -0.4 is 20.3 Å². The zero-order chi connectivity index (χ0) is 26.2. The average Bonchev–Trinajstić information content (AvgIpc) is 3.28. The third kappa shape index (κ3) is 4.58. The van der Waals surface area contributed by atoms with Crippen molar-refractivity contribution in [1.82, 2.24) is 24.8 Å². The molecule has 6 rings (SSSR count). The zero-order valence-corrected chi connectivity index (χ0v) is 20.9. The molecule has 0 spiro atoms. The second-order valence-electron chi connectivity index (χ2n) is 9.67. The second-order valence-corrected chi connectivity index (χ2v) is 9.67. The van der Waals surface area contributed by atoms with Gasteiger partial charge in [-0.2, -0.15) is 4.98 Å². The van der Waals surface area contributed by atoms with Crippen LogP contribution in [0.4, 0.5) is 17.6 Å². The highest BCUT2D eigenvalue weighted by Gasteiger charge is 2.28. The van der Waals surface area contributed by atoms with E-state index in [4.69, 9.17) is 9.15 Å². The minimum Gasteiger partial charge on any atom is -0.504 e. The molecular weight excluding hydrogens is 490 g/mol. The number of nitrogens with one attached hydrogen (secondary N) is 2. The van der Waals surface area contributed by atoms with Gasteiger partial charge < -0.3 is 39.5 Å². The summed E-state index contributed by atoms with van der Waals surface area (Å²) in [4.78, 5) is 28.6. The Kier molecular flexibility index (Phi) is 6.24. The van der Waals surface area contributed by atoms with Crippen LogP contribution in [0, 0.1) is 5.92 Å². The lowest BCUT2D eigenvalue weighted by atomic mass is 10.1. The molecule has 2 aliphatic rings. The van der Waals surface area contributed by atoms with Crippen molar-refractivity contribution < 1.29 is 24.2 Å². The summed E-state index contributed by atoms with van der Waals surface area (Å²) in [5, 5.41) is 26.5. The zero-order valence-electron chi connectivity index (χ0n) is 20.9. The average molecular weight is 520 g/mol. The van der Waals surface area contributed by atoms with E-state index in [1.165, 1.54) is 13.2 Å². The van der Waals surface area contributed by atoms with Crippen LogP contribution in [-0.2, 0) is 0 Å². The maximum Gasteiger partial charge on any atom is 0.255 e. The Hall–Kier alpha value is -4.32. The summed E-state index contributed by atoms with van der Waals surface area (Å²) in [6, 6.07) is 4.91. The van der Waals surface area contributed by atoms with Crippen LogP contribution in [0.1, 0.15) is 36.0 Å². The number of aromatic nitrogens is 4. The Morgan fingerprint density at radius 1 is 1.26 bits per heavy atom. The molecule has 38 heavy (non-hydrogen) atoms. The van der Waals surface area contributed by atoms with Crippen molar-refractivity contribution in [3.8, 4) is 17.2 Å². The first kappa shape index (κ1) is 24.0. The number of phenolic OH excluding ortho intramolecular Hbond substituents is 1. The Labute approximate surface area is 218 Å². The smallest absolute Gasteiger partial charge is 0.255 e. The predicted octanol–water partition coefficient (Wildman–Crippen LogP) is 2.97.